The van der Waals surface area contributed by atoms with Crippen LogP contribution in [-0.2, 0) is 5.41 Å². The van der Waals surface area contributed by atoms with Crippen molar-refractivity contribution < 1.29 is 0 Å². The molecule has 4 heteroatoms. The lowest BCUT2D eigenvalue weighted by Gasteiger charge is -2.29. The average Bonchev–Trinajstić information content (AvgIpc) is 2.69. The molecule has 0 spiro atoms. The first-order valence-corrected chi connectivity index (χ1v) is 7.89. The second-order valence-electron chi connectivity index (χ2n) is 5.65. The van der Waals surface area contributed by atoms with Crippen molar-refractivity contribution in [2.75, 3.05) is 6.54 Å². The molecule has 3 rings (SSSR count). The molecule has 1 aromatic heterocycles. The number of rotatable bonds is 2. The third-order valence-corrected chi connectivity index (χ3v) is 4.89. The molecule has 0 saturated heterocycles. The molecule has 0 amide bonds. The highest BCUT2D eigenvalue weighted by molar-refractivity contribution is 9.10. The van der Waals surface area contributed by atoms with E-state index in [2.05, 4.69) is 33.0 Å². The number of nitrogens with zero attached hydrogens (tertiary/aromatic N) is 1. The van der Waals surface area contributed by atoms with E-state index < -0.39 is 0 Å². The molecule has 3 N–H and O–H groups in total. The van der Waals surface area contributed by atoms with E-state index in [4.69, 9.17) is 10.7 Å². The fourth-order valence-corrected chi connectivity index (χ4v) is 3.54. The predicted octanol–water partition coefficient (Wildman–Crippen LogP) is 3.88. The molecule has 1 aromatic carbocycles. The number of aromatic amines is 1. The number of hydrogen-bond acceptors (Lipinski definition) is 2. The maximum Gasteiger partial charge on any atom is 0.114 e. The van der Waals surface area contributed by atoms with Gasteiger partial charge in [0.05, 0.1) is 11.0 Å². The van der Waals surface area contributed by atoms with Gasteiger partial charge in [-0.1, -0.05) is 41.6 Å². The first-order valence-electron chi connectivity index (χ1n) is 7.09. The van der Waals surface area contributed by atoms with Crippen molar-refractivity contribution in [3.05, 3.63) is 28.5 Å². The maximum absolute atomic E-state index is 6.12. The Morgan fingerprint density at radius 2 is 1.95 bits per heavy atom. The van der Waals surface area contributed by atoms with Crippen LogP contribution in [0.1, 0.15) is 44.3 Å². The lowest BCUT2D eigenvalue weighted by molar-refractivity contribution is 0.363. The van der Waals surface area contributed by atoms with Crippen LogP contribution in [0.15, 0.2) is 22.7 Å². The molecule has 3 nitrogen and oxygen atoms in total. The normalized spacial score (nSPS) is 19.5. The minimum absolute atomic E-state index is 0.0575. The van der Waals surface area contributed by atoms with Crippen LogP contribution in [0.4, 0.5) is 0 Å². The summed E-state index contributed by atoms with van der Waals surface area (Å²) in [6, 6.07) is 6.18. The van der Waals surface area contributed by atoms with Gasteiger partial charge in [0.25, 0.3) is 0 Å². The van der Waals surface area contributed by atoms with Crippen LogP contribution in [0.3, 0.4) is 0 Å². The quantitative estimate of drug-likeness (QED) is 0.825. The number of nitrogens with one attached hydrogen (secondary N) is 1. The van der Waals surface area contributed by atoms with Crippen LogP contribution < -0.4 is 5.73 Å². The number of hydrogen-bond donors (Lipinski definition) is 2. The molecule has 0 aliphatic heterocycles. The average molecular weight is 322 g/mol. The summed E-state index contributed by atoms with van der Waals surface area (Å²) in [6.45, 7) is 0.688. The van der Waals surface area contributed by atoms with Crippen LogP contribution in [0, 0.1) is 0 Å². The van der Waals surface area contributed by atoms with E-state index in [0.29, 0.717) is 6.54 Å². The van der Waals surface area contributed by atoms with Gasteiger partial charge in [0, 0.05) is 16.4 Å². The molecule has 1 aliphatic carbocycles. The molecule has 1 saturated carbocycles. The molecular weight excluding hydrogens is 302 g/mol. The number of fused-ring (bicyclic) bond motifs is 1. The topological polar surface area (TPSA) is 54.7 Å². The summed E-state index contributed by atoms with van der Waals surface area (Å²) >= 11 is 3.51. The van der Waals surface area contributed by atoms with E-state index in [1.54, 1.807) is 0 Å². The SMILES string of the molecule is NCC1(c2nc3ccc(Br)cc3[nH]2)CCCCCC1. The fraction of sp³-hybridized carbons (Fsp3) is 0.533. The van der Waals surface area contributed by atoms with E-state index in [9.17, 15) is 0 Å². The van der Waals surface area contributed by atoms with Gasteiger partial charge in [0.2, 0.25) is 0 Å². The second kappa shape index (κ2) is 5.25. The van der Waals surface area contributed by atoms with Gasteiger partial charge >= 0.3 is 0 Å². The number of halogens is 1. The zero-order valence-corrected chi connectivity index (χ0v) is 12.7. The van der Waals surface area contributed by atoms with Gasteiger partial charge in [-0.05, 0) is 31.0 Å². The van der Waals surface area contributed by atoms with E-state index in [-0.39, 0.29) is 5.41 Å². The van der Waals surface area contributed by atoms with Gasteiger partial charge in [-0.25, -0.2) is 4.98 Å². The predicted molar refractivity (Wildman–Crippen MR) is 82.2 cm³/mol. The fourth-order valence-electron chi connectivity index (χ4n) is 3.18. The summed E-state index contributed by atoms with van der Waals surface area (Å²) in [4.78, 5) is 8.31. The Balaban J connectivity index is 2.04. The van der Waals surface area contributed by atoms with Crippen LogP contribution in [-0.4, -0.2) is 16.5 Å². The molecule has 1 fully saturated rings. The van der Waals surface area contributed by atoms with Crippen LogP contribution in [0.2, 0.25) is 0 Å². The molecule has 0 bridgehead atoms. The number of nitrogens with two attached hydrogens (primary N) is 1. The molecule has 102 valence electrons. The highest BCUT2D eigenvalue weighted by Gasteiger charge is 2.34. The van der Waals surface area contributed by atoms with Crippen molar-refractivity contribution in [2.24, 2.45) is 5.73 Å². The lowest BCUT2D eigenvalue weighted by atomic mass is 9.79. The molecule has 19 heavy (non-hydrogen) atoms. The molecule has 1 heterocycles. The highest BCUT2D eigenvalue weighted by Crippen LogP contribution is 2.37. The largest absolute Gasteiger partial charge is 0.341 e. The Kier molecular flexibility index (Phi) is 3.63. The molecular formula is C15H20BrN3. The second-order valence-corrected chi connectivity index (χ2v) is 6.56. The summed E-state index contributed by atoms with van der Waals surface area (Å²) in [5.74, 6) is 1.09. The lowest BCUT2D eigenvalue weighted by Crippen LogP contribution is -2.35. The zero-order chi connectivity index (χ0) is 13.3. The van der Waals surface area contributed by atoms with Crippen molar-refractivity contribution >= 4 is 27.0 Å². The summed E-state index contributed by atoms with van der Waals surface area (Å²) in [5.41, 5.74) is 8.32. The van der Waals surface area contributed by atoms with E-state index >= 15 is 0 Å². The molecule has 0 radical (unpaired) electrons. The smallest absolute Gasteiger partial charge is 0.114 e. The Hall–Kier alpha value is -0.870. The Morgan fingerprint density at radius 3 is 2.63 bits per heavy atom. The Bertz CT molecular complexity index is 568. The molecule has 0 unspecified atom stereocenters. The summed E-state index contributed by atoms with van der Waals surface area (Å²) in [7, 11) is 0. The van der Waals surface area contributed by atoms with Gasteiger partial charge in [-0.15, -0.1) is 0 Å². The minimum atomic E-state index is 0.0575. The Labute approximate surface area is 122 Å². The monoisotopic (exact) mass is 321 g/mol. The van der Waals surface area contributed by atoms with Crippen molar-refractivity contribution in [3.8, 4) is 0 Å². The van der Waals surface area contributed by atoms with Gasteiger partial charge in [-0.3, -0.25) is 0 Å². The third-order valence-electron chi connectivity index (χ3n) is 4.40. The highest BCUT2D eigenvalue weighted by atomic mass is 79.9. The van der Waals surface area contributed by atoms with E-state index in [1.165, 1.54) is 25.7 Å². The first kappa shape index (κ1) is 13.1. The summed E-state index contributed by atoms with van der Waals surface area (Å²) in [5, 5.41) is 0. The standard InChI is InChI=1S/C15H20BrN3/c16-11-5-6-12-13(9-11)19-14(18-12)15(10-17)7-3-1-2-4-8-15/h5-6,9H,1-4,7-8,10,17H2,(H,18,19). The minimum Gasteiger partial charge on any atom is -0.341 e. The summed E-state index contributed by atoms with van der Waals surface area (Å²) < 4.78 is 1.08. The number of aromatic nitrogens is 2. The van der Waals surface area contributed by atoms with E-state index in [1.807, 2.05) is 6.07 Å². The third kappa shape index (κ3) is 2.43. The van der Waals surface area contributed by atoms with Gasteiger partial charge in [-0.2, -0.15) is 0 Å². The van der Waals surface area contributed by atoms with Crippen LogP contribution in [0.5, 0.6) is 0 Å². The van der Waals surface area contributed by atoms with Crippen molar-refractivity contribution in [2.45, 2.75) is 43.9 Å². The number of benzene rings is 1. The van der Waals surface area contributed by atoms with Crippen LogP contribution in [0.25, 0.3) is 11.0 Å². The van der Waals surface area contributed by atoms with Gasteiger partial charge < -0.3 is 10.7 Å². The Morgan fingerprint density at radius 1 is 1.21 bits per heavy atom. The maximum atomic E-state index is 6.12. The molecule has 2 aromatic rings. The van der Waals surface area contributed by atoms with Crippen LogP contribution >= 0.6 is 15.9 Å². The van der Waals surface area contributed by atoms with Gasteiger partial charge in [0.1, 0.15) is 5.82 Å². The van der Waals surface area contributed by atoms with Crippen molar-refractivity contribution in [3.63, 3.8) is 0 Å². The number of imidazole rings is 1. The van der Waals surface area contributed by atoms with Crippen molar-refractivity contribution in [1.29, 1.82) is 0 Å². The number of H-pyrrole nitrogens is 1. The summed E-state index contributed by atoms with van der Waals surface area (Å²) in [6.07, 6.45) is 7.49. The molecule has 0 atom stereocenters. The van der Waals surface area contributed by atoms with Crippen molar-refractivity contribution in [1.82, 2.24) is 9.97 Å². The van der Waals surface area contributed by atoms with Gasteiger partial charge in [0.15, 0.2) is 0 Å². The first-order chi connectivity index (χ1) is 9.23. The zero-order valence-electron chi connectivity index (χ0n) is 11.1. The molecule has 1 aliphatic rings. The van der Waals surface area contributed by atoms with E-state index in [0.717, 1.165) is 34.2 Å².